The van der Waals surface area contributed by atoms with Crippen molar-refractivity contribution in [1.29, 1.82) is 0 Å². The molecule has 2 amide bonds. The maximum Gasteiger partial charge on any atom is 0.254 e. The van der Waals surface area contributed by atoms with E-state index < -0.39 is 5.41 Å². The zero-order valence-corrected chi connectivity index (χ0v) is 27.5. The van der Waals surface area contributed by atoms with Crippen molar-refractivity contribution in [3.05, 3.63) is 83.4 Å². The van der Waals surface area contributed by atoms with E-state index >= 15 is 0 Å². The van der Waals surface area contributed by atoms with Crippen molar-refractivity contribution in [2.45, 2.75) is 37.1 Å². The summed E-state index contributed by atoms with van der Waals surface area (Å²) < 4.78 is 21.8. The molecule has 45 heavy (non-hydrogen) atoms. The van der Waals surface area contributed by atoms with E-state index in [2.05, 4.69) is 11.8 Å². The first-order valence-corrected chi connectivity index (χ1v) is 15.1. The summed E-state index contributed by atoms with van der Waals surface area (Å²) >= 11 is 0. The van der Waals surface area contributed by atoms with Crippen LogP contribution in [0.3, 0.4) is 0 Å². The minimum absolute atomic E-state index is 0. The molecule has 0 radical (unpaired) electrons. The van der Waals surface area contributed by atoms with Crippen LogP contribution in [0.15, 0.2) is 66.7 Å². The minimum atomic E-state index is -0.837. The summed E-state index contributed by atoms with van der Waals surface area (Å²) in [7, 11) is 6.28. The van der Waals surface area contributed by atoms with E-state index in [0.29, 0.717) is 48.9 Å². The number of hydrogen-bond donors (Lipinski definition) is 1. The fraction of sp³-hybridized carbons (Fsp3) is 0.429. The largest absolute Gasteiger partial charge is 0.497 e. The van der Waals surface area contributed by atoms with Crippen LogP contribution in [-0.4, -0.2) is 82.3 Å². The quantitative estimate of drug-likeness (QED) is 0.337. The molecule has 2 fully saturated rings. The van der Waals surface area contributed by atoms with Crippen LogP contribution < -0.4 is 24.7 Å². The van der Waals surface area contributed by atoms with Gasteiger partial charge >= 0.3 is 0 Å². The Morgan fingerprint density at radius 1 is 0.867 bits per heavy atom. The molecule has 0 saturated carbocycles. The van der Waals surface area contributed by atoms with Crippen LogP contribution in [-0.2, 0) is 10.2 Å². The molecule has 2 aliphatic heterocycles. The Hall–Kier alpha value is -3.95. The normalized spacial score (nSPS) is 22.2. The molecule has 5 rings (SSSR count). The Morgan fingerprint density at radius 3 is 2.07 bits per heavy atom. The first kappa shape index (κ1) is 33.9. The molecule has 2 aliphatic rings. The van der Waals surface area contributed by atoms with Crippen molar-refractivity contribution in [3.63, 3.8) is 0 Å². The summed E-state index contributed by atoms with van der Waals surface area (Å²) in [5, 5.41) is 0. The van der Waals surface area contributed by atoms with Crippen molar-refractivity contribution < 1.29 is 28.5 Å². The van der Waals surface area contributed by atoms with Gasteiger partial charge in [-0.1, -0.05) is 42.5 Å². The molecule has 2 saturated heterocycles. The Morgan fingerprint density at radius 2 is 1.51 bits per heavy atom. The third-order valence-corrected chi connectivity index (χ3v) is 9.73. The van der Waals surface area contributed by atoms with Gasteiger partial charge in [0.2, 0.25) is 11.7 Å². The van der Waals surface area contributed by atoms with Gasteiger partial charge in [0.25, 0.3) is 5.91 Å². The van der Waals surface area contributed by atoms with Gasteiger partial charge < -0.3 is 29.6 Å². The highest BCUT2D eigenvalue weighted by atomic mass is 35.5. The number of rotatable bonds is 10. The number of halogens is 1. The number of likely N-dealkylation sites (tertiary alicyclic amines) is 2. The van der Waals surface area contributed by atoms with Crippen molar-refractivity contribution >= 4 is 24.2 Å². The van der Waals surface area contributed by atoms with Crippen molar-refractivity contribution in [3.8, 4) is 23.0 Å². The SMILES string of the molecule is COc1ccc(C2CN(C(C)C3CCN(C(=O)c4cc(OC)c(OC)c(OC)c4)C3)CCC2(C(N)=O)c2ccccc2)cc1.Cl. The van der Waals surface area contributed by atoms with Gasteiger partial charge in [-0.3, -0.25) is 14.5 Å². The third-order valence-electron chi connectivity index (χ3n) is 9.73. The Balaban J connectivity index is 0.00000461. The summed E-state index contributed by atoms with van der Waals surface area (Å²) in [6.07, 6.45) is 1.49. The summed E-state index contributed by atoms with van der Waals surface area (Å²) in [5.41, 5.74) is 7.94. The fourth-order valence-electron chi connectivity index (χ4n) is 7.14. The molecule has 9 nitrogen and oxygen atoms in total. The molecule has 0 aliphatic carbocycles. The fourth-order valence-corrected chi connectivity index (χ4v) is 7.14. The molecule has 4 atom stereocenters. The highest BCUT2D eigenvalue weighted by Gasteiger charge is 2.51. The number of amides is 2. The van der Waals surface area contributed by atoms with Gasteiger partial charge in [-0.15, -0.1) is 12.4 Å². The summed E-state index contributed by atoms with van der Waals surface area (Å²) in [6.45, 7) is 4.93. The zero-order valence-electron chi connectivity index (χ0n) is 26.7. The first-order valence-electron chi connectivity index (χ1n) is 15.1. The predicted molar refractivity (Wildman–Crippen MR) is 176 cm³/mol. The number of primary amides is 1. The number of ether oxygens (including phenoxy) is 4. The second kappa shape index (κ2) is 14.4. The second-order valence-corrected chi connectivity index (χ2v) is 11.7. The Bertz CT molecular complexity index is 1440. The average Bonchev–Trinajstić information content (AvgIpc) is 3.57. The Labute approximate surface area is 272 Å². The second-order valence-electron chi connectivity index (χ2n) is 11.7. The van der Waals surface area contributed by atoms with Crippen LogP contribution in [0.1, 0.15) is 47.2 Å². The van der Waals surface area contributed by atoms with Gasteiger partial charge in [0.05, 0.1) is 33.9 Å². The number of hydrogen-bond acceptors (Lipinski definition) is 7. The number of methoxy groups -OCH3 is 4. The molecule has 2 heterocycles. The number of carbonyl (C=O) groups is 2. The standard InChI is InChI=1S/C35H43N3O6.ClH/c1-23(25-15-17-38(21-25)33(39)26-19-30(42-3)32(44-5)31(20-26)43-4)37-18-16-35(34(36)40,27-9-7-6-8-10-27)29(22-37)24-11-13-28(41-2)14-12-24;/h6-14,19-20,23,25,29H,15-18,21-22H2,1-5H3,(H2,36,40);1H. The smallest absolute Gasteiger partial charge is 0.254 e. The van der Waals surface area contributed by atoms with Gasteiger partial charge in [-0.05, 0) is 67.6 Å². The lowest BCUT2D eigenvalue weighted by Crippen LogP contribution is -2.57. The highest BCUT2D eigenvalue weighted by Crippen LogP contribution is 2.47. The summed E-state index contributed by atoms with van der Waals surface area (Å²) in [5.74, 6) is 1.88. The van der Waals surface area contributed by atoms with Crippen LogP contribution >= 0.6 is 12.4 Å². The monoisotopic (exact) mass is 637 g/mol. The van der Waals surface area contributed by atoms with Crippen molar-refractivity contribution in [1.82, 2.24) is 9.80 Å². The molecule has 3 aromatic rings. The molecule has 242 valence electrons. The van der Waals surface area contributed by atoms with E-state index in [1.54, 1.807) is 40.6 Å². The van der Waals surface area contributed by atoms with Crippen LogP contribution in [0, 0.1) is 5.92 Å². The van der Waals surface area contributed by atoms with E-state index in [1.807, 2.05) is 59.5 Å². The van der Waals surface area contributed by atoms with Gasteiger partial charge in [-0.25, -0.2) is 0 Å². The molecule has 3 aromatic carbocycles. The minimum Gasteiger partial charge on any atom is -0.497 e. The molecule has 0 spiro atoms. The van der Waals surface area contributed by atoms with E-state index in [0.717, 1.165) is 29.8 Å². The maximum absolute atomic E-state index is 13.6. The van der Waals surface area contributed by atoms with Gasteiger partial charge in [0, 0.05) is 37.2 Å². The summed E-state index contributed by atoms with van der Waals surface area (Å²) in [4.78, 5) is 31.4. The molecular weight excluding hydrogens is 594 g/mol. The third kappa shape index (κ3) is 6.42. The van der Waals surface area contributed by atoms with Gasteiger partial charge in [0.15, 0.2) is 11.5 Å². The van der Waals surface area contributed by atoms with Crippen LogP contribution in [0.25, 0.3) is 0 Å². The lowest BCUT2D eigenvalue weighted by Gasteiger charge is -2.49. The molecule has 0 bridgehead atoms. The van der Waals surface area contributed by atoms with E-state index in [1.165, 1.54) is 0 Å². The molecule has 2 N–H and O–H groups in total. The van der Waals surface area contributed by atoms with Gasteiger partial charge in [-0.2, -0.15) is 0 Å². The Kier molecular flexibility index (Phi) is 10.9. The molecular formula is C35H44ClN3O6. The first-order chi connectivity index (χ1) is 21.3. The van der Waals surface area contributed by atoms with E-state index in [4.69, 9.17) is 24.7 Å². The van der Waals surface area contributed by atoms with Crippen LogP contribution in [0.4, 0.5) is 0 Å². The maximum atomic E-state index is 13.6. The number of benzene rings is 3. The van der Waals surface area contributed by atoms with Crippen LogP contribution in [0.5, 0.6) is 23.0 Å². The molecule has 4 unspecified atom stereocenters. The van der Waals surface area contributed by atoms with Crippen LogP contribution in [0.2, 0.25) is 0 Å². The lowest BCUT2D eigenvalue weighted by atomic mass is 9.62. The van der Waals surface area contributed by atoms with Crippen molar-refractivity contribution in [2.24, 2.45) is 11.7 Å². The van der Waals surface area contributed by atoms with E-state index in [9.17, 15) is 9.59 Å². The zero-order chi connectivity index (χ0) is 31.4. The topological polar surface area (TPSA) is 104 Å². The number of piperidine rings is 1. The number of nitrogens with zero attached hydrogens (tertiary/aromatic N) is 2. The highest BCUT2D eigenvalue weighted by molar-refractivity contribution is 5.96. The molecule has 10 heteroatoms. The van der Waals surface area contributed by atoms with Crippen molar-refractivity contribution in [2.75, 3.05) is 54.6 Å². The lowest BCUT2D eigenvalue weighted by molar-refractivity contribution is -0.126. The van der Waals surface area contributed by atoms with Gasteiger partial charge in [0.1, 0.15) is 5.75 Å². The van der Waals surface area contributed by atoms with E-state index in [-0.39, 0.29) is 42.1 Å². The summed E-state index contributed by atoms with van der Waals surface area (Å²) in [6, 6.07) is 21.5. The predicted octanol–water partition coefficient (Wildman–Crippen LogP) is 4.91. The number of carbonyl (C=O) groups excluding carboxylic acids is 2. The molecule has 0 aromatic heterocycles. The average molecular weight is 638 g/mol. The number of nitrogens with two attached hydrogens (primary N) is 1.